The minimum atomic E-state index is -0.559. The number of imidazole rings is 1. The average Bonchev–Trinajstić information content (AvgIpc) is 3.32. The standard InChI is InChI=1S/C37H45N5O4/c1-22(2)39-35(44)28-13-15-31(23(3)17-28)26-9-5-24(6-10-26)18-29(19-34(43)27-11-7-25(21-38)8-12-27)36(45)40-30-14-16-33-32(20-30)41-37(46)42(33)4/h5-6,9-10,13-17,20,22,25,27,29H,7-8,11-12,18-19,21,38H2,1-4H3,(H,39,44)(H,40,45)(H,41,46)/t25?,27?,29-/m1/s1. The highest BCUT2D eigenvalue weighted by Crippen LogP contribution is 2.31. The molecule has 242 valence electrons. The van der Waals surface area contributed by atoms with Gasteiger partial charge in [-0.2, -0.15) is 0 Å². The topological polar surface area (TPSA) is 139 Å². The Hall–Kier alpha value is -4.50. The molecular weight excluding hydrogens is 578 g/mol. The van der Waals surface area contributed by atoms with E-state index in [1.807, 2.05) is 63.2 Å². The number of nitrogens with one attached hydrogen (secondary N) is 3. The number of hydrogen-bond donors (Lipinski definition) is 4. The summed E-state index contributed by atoms with van der Waals surface area (Å²) < 4.78 is 1.52. The van der Waals surface area contributed by atoms with Gasteiger partial charge >= 0.3 is 5.69 Å². The van der Waals surface area contributed by atoms with Crippen LogP contribution in [0.1, 0.15) is 67.4 Å². The Bertz CT molecular complexity index is 1780. The molecule has 1 fully saturated rings. The van der Waals surface area contributed by atoms with Gasteiger partial charge in [0.15, 0.2) is 0 Å². The lowest BCUT2D eigenvalue weighted by atomic mass is 9.77. The molecule has 9 nitrogen and oxygen atoms in total. The van der Waals surface area contributed by atoms with Crippen LogP contribution in [0.2, 0.25) is 0 Å². The Morgan fingerprint density at radius 3 is 2.35 bits per heavy atom. The number of aromatic amines is 1. The summed E-state index contributed by atoms with van der Waals surface area (Å²) in [5, 5.41) is 5.94. The van der Waals surface area contributed by atoms with Gasteiger partial charge in [0.1, 0.15) is 5.78 Å². The predicted molar refractivity (Wildman–Crippen MR) is 183 cm³/mol. The molecule has 9 heteroatoms. The van der Waals surface area contributed by atoms with Crippen molar-refractivity contribution >= 4 is 34.3 Å². The van der Waals surface area contributed by atoms with Crippen molar-refractivity contribution in [1.82, 2.24) is 14.9 Å². The Kier molecular flexibility index (Phi) is 10.2. The highest BCUT2D eigenvalue weighted by Gasteiger charge is 2.30. The molecule has 3 aromatic carbocycles. The van der Waals surface area contributed by atoms with E-state index in [2.05, 4.69) is 15.6 Å². The van der Waals surface area contributed by atoms with E-state index >= 15 is 0 Å². The van der Waals surface area contributed by atoms with Crippen LogP contribution in [0.25, 0.3) is 22.2 Å². The number of benzene rings is 3. The lowest BCUT2D eigenvalue weighted by Crippen LogP contribution is -2.31. The van der Waals surface area contributed by atoms with Crippen molar-refractivity contribution in [1.29, 1.82) is 0 Å². The van der Waals surface area contributed by atoms with Crippen molar-refractivity contribution in [3.8, 4) is 11.1 Å². The molecule has 5 N–H and O–H groups in total. The number of hydrogen-bond acceptors (Lipinski definition) is 5. The molecule has 4 aromatic rings. The van der Waals surface area contributed by atoms with Gasteiger partial charge in [-0.3, -0.25) is 19.0 Å². The second-order valence-corrected chi connectivity index (χ2v) is 13.1. The minimum absolute atomic E-state index is 0.0419. The normalized spacial score (nSPS) is 17.2. The highest BCUT2D eigenvalue weighted by molar-refractivity contribution is 5.97. The first-order valence-electron chi connectivity index (χ1n) is 16.3. The third-order valence-corrected chi connectivity index (χ3v) is 9.28. The number of aromatic nitrogens is 2. The maximum Gasteiger partial charge on any atom is 0.326 e. The molecule has 0 radical (unpaired) electrons. The van der Waals surface area contributed by atoms with E-state index in [0.29, 0.717) is 35.7 Å². The van der Waals surface area contributed by atoms with Crippen LogP contribution in [-0.4, -0.2) is 39.7 Å². The highest BCUT2D eigenvalue weighted by atomic mass is 16.2. The van der Waals surface area contributed by atoms with Gasteiger partial charge in [0.25, 0.3) is 5.91 Å². The van der Waals surface area contributed by atoms with Gasteiger partial charge in [0, 0.05) is 42.6 Å². The molecule has 0 spiro atoms. The predicted octanol–water partition coefficient (Wildman–Crippen LogP) is 5.50. The van der Waals surface area contributed by atoms with E-state index in [9.17, 15) is 19.2 Å². The number of H-pyrrole nitrogens is 1. The molecule has 0 saturated heterocycles. The summed E-state index contributed by atoms with van der Waals surface area (Å²) in [5.41, 5.74) is 12.2. The van der Waals surface area contributed by atoms with Crippen LogP contribution in [-0.2, 0) is 23.1 Å². The summed E-state index contributed by atoms with van der Waals surface area (Å²) in [5.74, 6) is -0.318. The first-order valence-corrected chi connectivity index (χ1v) is 16.3. The van der Waals surface area contributed by atoms with Crippen molar-refractivity contribution in [3.05, 3.63) is 87.8 Å². The van der Waals surface area contributed by atoms with Crippen molar-refractivity contribution in [2.45, 2.75) is 65.3 Å². The van der Waals surface area contributed by atoms with Crippen molar-refractivity contribution in [2.75, 3.05) is 11.9 Å². The number of carbonyl (C=O) groups is 3. The average molecular weight is 624 g/mol. The lowest BCUT2D eigenvalue weighted by Gasteiger charge is -2.27. The van der Waals surface area contributed by atoms with E-state index in [4.69, 9.17) is 5.73 Å². The van der Waals surface area contributed by atoms with Crippen molar-refractivity contribution in [2.24, 2.45) is 30.5 Å². The molecule has 1 heterocycles. The third-order valence-electron chi connectivity index (χ3n) is 9.28. The molecule has 1 atom stereocenters. The molecular formula is C37H45N5O4. The smallest absolute Gasteiger partial charge is 0.326 e. The molecule has 0 bridgehead atoms. The zero-order valence-corrected chi connectivity index (χ0v) is 27.2. The Labute approximate surface area is 270 Å². The maximum absolute atomic E-state index is 13.7. The first-order chi connectivity index (χ1) is 22.0. The SMILES string of the molecule is Cc1cc(C(=O)NC(C)C)ccc1-c1ccc(C[C@H](CC(=O)C2CCC(CN)CC2)C(=O)Nc2ccc3c(c2)[nH]c(=O)n3C)cc1. The van der Waals surface area contributed by atoms with Crippen LogP contribution in [0.15, 0.2) is 65.5 Å². The van der Waals surface area contributed by atoms with E-state index < -0.39 is 5.92 Å². The van der Waals surface area contributed by atoms with Crippen LogP contribution in [0, 0.1) is 24.7 Å². The van der Waals surface area contributed by atoms with Gasteiger partial charge in [-0.15, -0.1) is 0 Å². The van der Waals surface area contributed by atoms with Gasteiger partial charge in [0.05, 0.1) is 11.0 Å². The molecule has 46 heavy (non-hydrogen) atoms. The van der Waals surface area contributed by atoms with Crippen molar-refractivity contribution < 1.29 is 14.4 Å². The Balaban J connectivity index is 1.33. The Morgan fingerprint density at radius 1 is 0.978 bits per heavy atom. The number of nitrogens with two attached hydrogens (primary N) is 1. The summed E-state index contributed by atoms with van der Waals surface area (Å²) >= 11 is 0. The number of nitrogens with zero attached hydrogens (tertiary/aromatic N) is 1. The third kappa shape index (κ3) is 7.65. The van der Waals surface area contributed by atoms with Gasteiger partial charge < -0.3 is 21.4 Å². The number of amides is 2. The van der Waals surface area contributed by atoms with Crippen LogP contribution in [0.3, 0.4) is 0 Å². The van der Waals surface area contributed by atoms with E-state index in [1.165, 1.54) is 4.57 Å². The quantitative estimate of drug-likeness (QED) is 0.175. The second kappa shape index (κ2) is 14.3. The molecule has 1 aliphatic carbocycles. The second-order valence-electron chi connectivity index (χ2n) is 13.1. The number of Topliss-reactive ketones (excluding diaryl/α,β-unsaturated/α-hetero) is 1. The number of aryl methyl sites for hydroxylation is 2. The van der Waals surface area contributed by atoms with Crippen LogP contribution in [0.5, 0.6) is 0 Å². The summed E-state index contributed by atoms with van der Waals surface area (Å²) in [6.45, 7) is 6.51. The van der Waals surface area contributed by atoms with Crippen LogP contribution < -0.4 is 22.1 Å². The molecule has 1 aromatic heterocycles. The first kappa shape index (κ1) is 32.9. The van der Waals surface area contributed by atoms with Crippen LogP contribution in [0.4, 0.5) is 5.69 Å². The number of anilines is 1. The fourth-order valence-electron chi connectivity index (χ4n) is 6.53. The molecule has 1 saturated carbocycles. The summed E-state index contributed by atoms with van der Waals surface area (Å²) in [6.07, 6.45) is 4.10. The van der Waals surface area contributed by atoms with E-state index in [-0.39, 0.29) is 41.7 Å². The zero-order valence-electron chi connectivity index (χ0n) is 27.2. The summed E-state index contributed by atoms with van der Waals surface area (Å²) in [4.78, 5) is 54.6. The fourth-order valence-corrected chi connectivity index (χ4v) is 6.53. The van der Waals surface area contributed by atoms with E-state index in [0.717, 1.165) is 53.5 Å². The fraction of sp³-hybridized carbons (Fsp3) is 0.405. The number of fused-ring (bicyclic) bond motifs is 1. The van der Waals surface area contributed by atoms with E-state index in [1.54, 1.807) is 25.2 Å². The number of ketones is 1. The molecule has 5 rings (SSSR count). The lowest BCUT2D eigenvalue weighted by molar-refractivity contribution is -0.129. The van der Waals surface area contributed by atoms with Crippen LogP contribution >= 0.6 is 0 Å². The monoisotopic (exact) mass is 623 g/mol. The molecule has 0 aliphatic heterocycles. The number of carbonyl (C=O) groups excluding carboxylic acids is 3. The van der Waals surface area contributed by atoms with Gasteiger partial charge in [-0.05, 0) is 118 Å². The Morgan fingerprint density at radius 2 is 1.70 bits per heavy atom. The largest absolute Gasteiger partial charge is 0.350 e. The zero-order chi connectivity index (χ0) is 33.0. The van der Waals surface area contributed by atoms with Crippen molar-refractivity contribution in [3.63, 3.8) is 0 Å². The molecule has 1 aliphatic rings. The minimum Gasteiger partial charge on any atom is -0.350 e. The van der Waals surface area contributed by atoms with Gasteiger partial charge in [-0.25, -0.2) is 4.79 Å². The molecule has 0 unspecified atom stereocenters. The number of rotatable bonds is 11. The van der Waals surface area contributed by atoms with Gasteiger partial charge in [0.2, 0.25) is 5.91 Å². The summed E-state index contributed by atoms with van der Waals surface area (Å²) in [6, 6.07) is 19.1. The summed E-state index contributed by atoms with van der Waals surface area (Å²) in [7, 11) is 1.69. The maximum atomic E-state index is 13.7. The van der Waals surface area contributed by atoms with Gasteiger partial charge in [-0.1, -0.05) is 30.3 Å². The molecule has 2 amide bonds.